The van der Waals surface area contributed by atoms with E-state index in [0.717, 1.165) is 29.3 Å². The second kappa shape index (κ2) is 9.92. The topological polar surface area (TPSA) is 54.9 Å². The number of hydrogen-bond donors (Lipinski definition) is 2. The average Bonchev–Trinajstić information content (AvgIpc) is 2.53. The molecule has 1 aliphatic rings. The SMILES string of the molecule is CCC(C)NC(=NC)NCCc1cc(F)cc2c1OCOC2.I. The van der Waals surface area contributed by atoms with Gasteiger partial charge in [-0.15, -0.1) is 24.0 Å². The van der Waals surface area contributed by atoms with E-state index in [2.05, 4.69) is 29.5 Å². The quantitative estimate of drug-likeness (QED) is 0.423. The Bertz CT molecular complexity index is 540. The van der Waals surface area contributed by atoms with E-state index in [0.29, 0.717) is 25.6 Å². The average molecular weight is 437 g/mol. The van der Waals surface area contributed by atoms with E-state index in [1.807, 2.05) is 0 Å². The minimum absolute atomic E-state index is 0. The Kier molecular flexibility index (Phi) is 8.60. The van der Waals surface area contributed by atoms with Crippen molar-refractivity contribution < 1.29 is 13.9 Å². The third-order valence-electron chi connectivity index (χ3n) is 3.66. The van der Waals surface area contributed by atoms with Crippen LogP contribution in [0.15, 0.2) is 17.1 Å². The lowest BCUT2D eigenvalue weighted by Crippen LogP contribution is -2.42. The predicted molar refractivity (Wildman–Crippen MR) is 100 cm³/mol. The third-order valence-corrected chi connectivity index (χ3v) is 3.66. The summed E-state index contributed by atoms with van der Waals surface area (Å²) in [4.78, 5) is 4.18. The van der Waals surface area contributed by atoms with Gasteiger partial charge in [0.2, 0.25) is 0 Å². The van der Waals surface area contributed by atoms with E-state index in [9.17, 15) is 4.39 Å². The number of ether oxygens (including phenoxy) is 2. The summed E-state index contributed by atoms with van der Waals surface area (Å²) < 4.78 is 24.4. The van der Waals surface area contributed by atoms with Crippen LogP contribution in [-0.2, 0) is 17.8 Å². The van der Waals surface area contributed by atoms with E-state index in [4.69, 9.17) is 9.47 Å². The van der Waals surface area contributed by atoms with Gasteiger partial charge < -0.3 is 20.1 Å². The molecular formula is C16H25FIN3O2. The minimum Gasteiger partial charge on any atom is -0.467 e. The third kappa shape index (κ3) is 5.80. The van der Waals surface area contributed by atoms with Gasteiger partial charge in [0.15, 0.2) is 12.8 Å². The van der Waals surface area contributed by atoms with Crippen molar-refractivity contribution in [1.29, 1.82) is 0 Å². The van der Waals surface area contributed by atoms with Crippen LogP contribution in [0, 0.1) is 5.82 Å². The molecule has 1 unspecified atom stereocenters. The van der Waals surface area contributed by atoms with Gasteiger partial charge >= 0.3 is 0 Å². The number of aliphatic imine (C=N–C) groups is 1. The summed E-state index contributed by atoms with van der Waals surface area (Å²) in [7, 11) is 1.74. The zero-order valence-corrected chi connectivity index (χ0v) is 16.1. The van der Waals surface area contributed by atoms with Gasteiger partial charge in [0.05, 0.1) is 6.61 Å². The van der Waals surface area contributed by atoms with Crippen LogP contribution in [-0.4, -0.2) is 32.4 Å². The number of nitrogens with one attached hydrogen (secondary N) is 2. The molecule has 0 radical (unpaired) electrons. The Morgan fingerprint density at radius 2 is 2.22 bits per heavy atom. The molecule has 7 heteroatoms. The summed E-state index contributed by atoms with van der Waals surface area (Å²) in [5, 5.41) is 6.53. The summed E-state index contributed by atoms with van der Waals surface area (Å²) in [5.74, 6) is 1.24. The molecule has 1 aromatic rings. The van der Waals surface area contributed by atoms with Crippen molar-refractivity contribution in [2.24, 2.45) is 4.99 Å². The second-order valence-corrected chi connectivity index (χ2v) is 5.37. The highest BCUT2D eigenvalue weighted by molar-refractivity contribution is 14.0. The fourth-order valence-electron chi connectivity index (χ4n) is 2.29. The lowest BCUT2D eigenvalue weighted by molar-refractivity contribution is -0.0172. The van der Waals surface area contributed by atoms with E-state index >= 15 is 0 Å². The molecule has 0 aliphatic carbocycles. The molecule has 0 aromatic heterocycles. The van der Waals surface area contributed by atoms with Gasteiger partial charge in [-0.25, -0.2) is 4.39 Å². The molecule has 5 nitrogen and oxygen atoms in total. The molecular weight excluding hydrogens is 412 g/mol. The molecule has 23 heavy (non-hydrogen) atoms. The first-order valence-corrected chi connectivity index (χ1v) is 7.63. The van der Waals surface area contributed by atoms with E-state index < -0.39 is 0 Å². The van der Waals surface area contributed by atoms with Crippen molar-refractivity contribution in [3.8, 4) is 5.75 Å². The first-order chi connectivity index (χ1) is 10.6. The molecule has 130 valence electrons. The van der Waals surface area contributed by atoms with Crippen LogP contribution in [0.3, 0.4) is 0 Å². The number of benzene rings is 1. The molecule has 2 rings (SSSR count). The minimum atomic E-state index is -0.259. The Balaban J connectivity index is 0.00000264. The number of fused-ring (bicyclic) bond motifs is 1. The molecule has 0 fully saturated rings. The van der Waals surface area contributed by atoms with Gasteiger partial charge in [0.1, 0.15) is 11.6 Å². The molecule has 0 amide bonds. The maximum absolute atomic E-state index is 13.7. The molecule has 0 saturated heterocycles. The number of guanidine groups is 1. The molecule has 1 aliphatic heterocycles. The molecule has 0 bridgehead atoms. The predicted octanol–water partition coefficient (Wildman–Crippen LogP) is 2.82. The standard InChI is InChI=1S/C16H24FN3O2.HI/c1-4-11(2)20-16(18-3)19-6-5-12-7-14(17)8-13-9-21-10-22-15(12)13;/h7-8,11H,4-6,9-10H2,1-3H3,(H2,18,19,20);1H. The van der Waals surface area contributed by atoms with Gasteiger partial charge in [-0.1, -0.05) is 6.92 Å². The van der Waals surface area contributed by atoms with Crippen LogP contribution in [0.2, 0.25) is 0 Å². The summed E-state index contributed by atoms with van der Waals surface area (Å²) in [5.41, 5.74) is 1.62. The van der Waals surface area contributed by atoms with Crippen LogP contribution < -0.4 is 15.4 Å². The van der Waals surface area contributed by atoms with Crippen LogP contribution in [0.1, 0.15) is 31.4 Å². The highest BCUT2D eigenvalue weighted by atomic mass is 127. The summed E-state index contributed by atoms with van der Waals surface area (Å²) in [6, 6.07) is 3.35. The fourth-order valence-corrected chi connectivity index (χ4v) is 2.29. The molecule has 1 aromatic carbocycles. The van der Waals surface area contributed by atoms with E-state index in [1.165, 1.54) is 12.1 Å². The Hall–Kier alpha value is -1.09. The molecule has 2 N–H and O–H groups in total. The monoisotopic (exact) mass is 437 g/mol. The van der Waals surface area contributed by atoms with Gasteiger partial charge in [-0.2, -0.15) is 0 Å². The van der Waals surface area contributed by atoms with Crippen LogP contribution >= 0.6 is 24.0 Å². The van der Waals surface area contributed by atoms with E-state index in [-0.39, 0.29) is 36.6 Å². The molecule has 0 saturated carbocycles. The summed E-state index contributed by atoms with van der Waals surface area (Å²) >= 11 is 0. The van der Waals surface area contributed by atoms with Crippen molar-refractivity contribution in [3.63, 3.8) is 0 Å². The van der Waals surface area contributed by atoms with Crippen molar-refractivity contribution in [2.75, 3.05) is 20.4 Å². The Morgan fingerprint density at radius 3 is 2.91 bits per heavy atom. The molecule has 1 atom stereocenters. The van der Waals surface area contributed by atoms with Crippen molar-refractivity contribution in [2.45, 2.75) is 39.3 Å². The summed E-state index contributed by atoms with van der Waals surface area (Å²) in [6.45, 7) is 5.48. The zero-order chi connectivity index (χ0) is 15.9. The lowest BCUT2D eigenvalue weighted by Gasteiger charge is -2.21. The van der Waals surface area contributed by atoms with Crippen molar-refractivity contribution in [1.82, 2.24) is 10.6 Å². The first kappa shape index (κ1) is 20.0. The molecule has 1 heterocycles. The van der Waals surface area contributed by atoms with Gasteiger partial charge in [-0.3, -0.25) is 4.99 Å². The number of nitrogens with zero attached hydrogens (tertiary/aromatic N) is 1. The Morgan fingerprint density at radius 1 is 1.43 bits per heavy atom. The number of halogens is 2. The number of rotatable bonds is 5. The smallest absolute Gasteiger partial charge is 0.191 e. The summed E-state index contributed by atoms with van der Waals surface area (Å²) in [6.07, 6.45) is 1.67. The maximum Gasteiger partial charge on any atom is 0.191 e. The second-order valence-electron chi connectivity index (χ2n) is 5.37. The van der Waals surface area contributed by atoms with Crippen LogP contribution in [0.25, 0.3) is 0 Å². The maximum atomic E-state index is 13.7. The first-order valence-electron chi connectivity index (χ1n) is 7.63. The van der Waals surface area contributed by atoms with Gasteiger partial charge in [0.25, 0.3) is 0 Å². The van der Waals surface area contributed by atoms with Crippen molar-refractivity contribution >= 4 is 29.9 Å². The normalized spacial score (nSPS) is 15.0. The largest absolute Gasteiger partial charge is 0.467 e. The lowest BCUT2D eigenvalue weighted by atomic mass is 10.1. The fraction of sp³-hybridized carbons (Fsp3) is 0.562. The van der Waals surface area contributed by atoms with Gasteiger partial charge in [0, 0.05) is 25.2 Å². The highest BCUT2D eigenvalue weighted by Gasteiger charge is 2.16. The molecule has 0 spiro atoms. The highest BCUT2D eigenvalue weighted by Crippen LogP contribution is 2.29. The van der Waals surface area contributed by atoms with Crippen molar-refractivity contribution in [3.05, 3.63) is 29.1 Å². The van der Waals surface area contributed by atoms with Gasteiger partial charge in [-0.05, 0) is 37.5 Å². The van der Waals surface area contributed by atoms with E-state index in [1.54, 1.807) is 7.05 Å². The Labute approximate surface area is 154 Å². The van der Waals surface area contributed by atoms with Crippen LogP contribution in [0.5, 0.6) is 5.75 Å². The van der Waals surface area contributed by atoms with Crippen LogP contribution in [0.4, 0.5) is 4.39 Å². The zero-order valence-electron chi connectivity index (χ0n) is 13.8. The number of hydrogen-bond acceptors (Lipinski definition) is 3.